The van der Waals surface area contributed by atoms with Gasteiger partial charge in [0.1, 0.15) is 11.2 Å². The van der Waals surface area contributed by atoms with Gasteiger partial charge in [-0.25, -0.2) is 9.97 Å². The van der Waals surface area contributed by atoms with Crippen molar-refractivity contribution in [3.63, 3.8) is 0 Å². The van der Waals surface area contributed by atoms with Crippen LogP contribution in [0.15, 0.2) is 192 Å². The number of hydrogen-bond acceptors (Lipinski definition) is 3. The Morgan fingerprint density at radius 1 is 0.544 bits per heavy atom. The third-order valence-electron chi connectivity index (χ3n) is 12.4. The molecule has 1 unspecified atom stereocenters. The summed E-state index contributed by atoms with van der Waals surface area (Å²) in [5.74, 6) is 1.10. The van der Waals surface area contributed by atoms with Crippen LogP contribution in [-0.4, -0.2) is 9.97 Å². The number of hydrogen-bond donors (Lipinski definition) is 0. The summed E-state index contributed by atoms with van der Waals surface area (Å²) in [4.78, 5) is 10.5. The second kappa shape index (κ2) is 12.2. The highest BCUT2D eigenvalue weighted by Crippen LogP contribution is 2.67. The van der Waals surface area contributed by atoms with Crippen LogP contribution in [0.4, 0.5) is 0 Å². The van der Waals surface area contributed by atoms with Crippen molar-refractivity contribution in [1.29, 1.82) is 0 Å². The third kappa shape index (κ3) is 4.60. The number of aromatic nitrogens is 2. The summed E-state index contributed by atoms with van der Waals surface area (Å²) in [6, 6.07) is 60.8. The van der Waals surface area contributed by atoms with Crippen molar-refractivity contribution in [2.45, 2.75) is 18.8 Å². The standard InChI is InChI=1S/C54H36N2O/c1-33-27-28-46-43(29-33)50-51(54(46)44-24-11-8-21-38(44)39-22-9-12-25-45(39)54)41(31-42-40-23-10-13-26-49(40)57-52(42)50)36-19-14-20-37(30-36)53-55-47(34-15-4-2-5-16-34)32-48(56-53)35-17-6-3-7-18-35/h2-26,28-33H,27H2,1H3. The number of para-hydroxylation sites is 1. The first-order valence-electron chi connectivity index (χ1n) is 19.9. The Kier molecular flexibility index (Phi) is 6.89. The maximum Gasteiger partial charge on any atom is 0.160 e. The van der Waals surface area contributed by atoms with Crippen LogP contribution in [0.5, 0.6) is 0 Å². The van der Waals surface area contributed by atoms with Crippen molar-refractivity contribution in [3.05, 3.63) is 210 Å². The van der Waals surface area contributed by atoms with Crippen molar-refractivity contribution >= 4 is 27.5 Å². The molecule has 2 aromatic heterocycles. The summed E-state index contributed by atoms with van der Waals surface area (Å²) >= 11 is 0. The van der Waals surface area contributed by atoms with Gasteiger partial charge in [0.15, 0.2) is 5.82 Å². The van der Waals surface area contributed by atoms with Crippen LogP contribution in [0.25, 0.3) is 83.7 Å². The van der Waals surface area contributed by atoms with E-state index >= 15 is 0 Å². The molecule has 57 heavy (non-hydrogen) atoms. The summed E-state index contributed by atoms with van der Waals surface area (Å²) in [6.07, 6.45) is 6.03. The summed E-state index contributed by atoms with van der Waals surface area (Å²) < 4.78 is 6.96. The molecular weight excluding hydrogens is 693 g/mol. The highest BCUT2D eigenvalue weighted by molar-refractivity contribution is 6.16. The van der Waals surface area contributed by atoms with E-state index < -0.39 is 5.41 Å². The van der Waals surface area contributed by atoms with E-state index in [9.17, 15) is 0 Å². The number of rotatable bonds is 4. The highest BCUT2D eigenvalue weighted by atomic mass is 16.3. The molecule has 3 heteroatoms. The molecule has 3 aliphatic carbocycles. The van der Waals surface area contributed by atoms with Crippen LogP contribution < -0.4 is 0 Å². The lowest BCUT2D eigenvalue weighted by molar-refractivity contribution is 0.666. The molecule has 12 rings (SSSR count). The second-order valence-corrected chi connectivity index (χ2v) is 15.7. The fraction of sp³-hybridized carbons (Fsp3) is 0.0741. The van der Waals surface area contributed by atoms with Gasteiger partial charge in [0.05, 0.1) is 16.8 Å². The Labute approximate surface area is 331 Å². The molecule has 0 radical (unpaired) electrons. The minimum absolute atomic E-state index is 0.401. The molecule has 0 saturated heterocycles. The lowest BCUT2D eigenvalue weighted by atomic mass is 9.67. The zero-order chi connectivity index (χ0) is 37.7. The third-order valence-corrected chi connectivity index (χ3v) is 12.4. The lowest BCUT2D eigenvalue weighted by Gasteiger charge is -2.33. The molecule has 268 valence electrons. The first kappa shape index (κ1) is 32.2. The van der Waals surface area contributed by atoms with Gasteiger partial charge in [-0.1, -0.05) is 165 Å². The van der Waals surface area contributed by atoms with Crippen molar-refractivity contribution in [2.75, 3.05) is 0 Å². The van der Waals surface area contributed by atoms with Gasteiger partial charge in [-0.15, -0.1) is 0 Å². The van der Waals surface area contributed by atoms with Gasteiger partial charge in [0, 0.05) is 33.0 Å². The molecule has 3 nitrogen and oxygen atoms in total. The average molecular weight is 729 g/mol. The first-order valence-corrected chi connectivity index (χ1v) is 19.9. The van der Waals surface area contributed by atoms with Gasteiger partial charge in [-0.2, -0.15) is 0 Å². The molecule has 0 fully saturated rings. The van der Waals surface area contributed by atoms with Crippen LogP contribution in [0.2, 0.25) is 0 Å². The number of nitrogens with zero attached hydrogens (tertiary/aromatic N) is 2. The van der Waals surface area contributed by atoms with Crippen LogP contribution >= 0.6 is 0 Å². The van der Waals surface area contributed by atoms with E-state index in [0.29, 0.717) is 11.7 Å². The van der Waals surface area contributed by atoms with Crippen molar-refractivity contribution in [3.8, 4) is 56.2 Å². The van der Waals surface area contributed by atoms with Crippen LogP contribution in [0.1, 0.15) is 35.6 Å². The molecule has 0 N–H and O–H groups in total. The molecule has 2 heterocycles. The van der Waals surface area contributed by atoms with Crippen molar-refractivity contribution in [2.24, 2.45) is 5.92 Å². The van der Waals surface area contributed by atoms with Gasteiger partial charge in [-0.05, 0) is 86.7 Å². The van der Waals surface area contributed by atoms with E-state index in [2.05, 4.69) is 177 Å². The van der Waals surface area contributed by atoms with E-state index in [4.69, 9.17) is 14.4 Å². The smallest absolute Gasteiger partial charge is 0.160 e. The van der Waals surface area contributed by atoms with Gasteiger partial charge < -0.3 is 4.42 Å². The maximum absolute atomic E-state index is 6.96. The van der Waals surface area contributed by atoms with E-state index in [-0.39, 0.29) is 0 Å². The van der Waals surface area contributed by atoms with Crippen LogP contribution in [0.3, 0.4) is 0 Å². The Balaban J connectivity index is 1.18. The Morgan fingerprint density at radius 3 is 1.84 bits per heavy atom. The van der Waals surface area contributed by atoms with Crippen LogP contribution in [-0.2, 0) is 5.41 Å². The molecule has 9 aromatic rings. The Bertz CT molecular complexity index is 3070. The zero-order valence-corrected chi connectivity index (χ0v) is 31.4. The van der Waals surface area contributed by atoms with Crippen molar-refractivity contribution in [1.82, 2.24) is 9.97 Å². The summed E-state index contributed by atoms with van der Waals surface area (Å²) in [5.41, 5.74) is 19.0. The lowest BCUT2D eigenvalue weighted by Crippen LogP contribution is -2.27. The minimum atomic E-state index is -0.517. The molecule has 1 atom stereocenters. The summed E-state index contributed by atoms with van der Waals surface area (Å²) in [5, 5.41) is 2.26. The van der Waals surface area contributed by atoms with Gasteiger partial charge in [0.2, 0.25) is 0 Å². The Hall–Kier alpha value is -7.10. The molecule has 1 spiro atoms. The molecule has 3 aliphatic rings. The van der Waals surface area contributed by atoms with E-state index in [0.717, 1.165) is 62.0 Å². The van der Waals surface area contributed by atoms with Crippen molar-refractivity contribution < 1.29 is 4.42 Å². The molecular formula is C54H36N2O. The van der Waals surface area contributed by atoms with Gasteiger partial charge >= 0.3 is 0 Å². The normalized spacial score (nSPS) is 15.9. The predicted molar refractivity (Wildman–Crippen MR) is 233 cm³/mol. The molecule has 7 aromatic carbocycles. The number of allylic oxidation sites excluding steroid dienone is 4. The summed E-state index contributed by atoms with van der Waals surface area (Å²) in [6.45, 7) is 2.33. The van der Waals surface area contributed by atoms with Gasteiger partial charge in [0.25, 0.3) is 0 Å². The van der Waals surface area contributed by atoms with Gasteiger partial charge in [-0.3, -0.25) is 0 Å². The molecule has 0 aliphatic heterocycles. The highest BCUT2D eigenvalue weighted by Gasteiger charge is 2.56. The minimum Gasteiger partial charge on any atom is -0.455 e. The molecule has 0 amide bonds. The average Bonchev–Trinajstić information content (AvgIpc) is 3.90. The number of furan rings is 1. The largest absolute Gasteiger partial charge is 0.455 e. The predicted octanol–water partition coefficient (Wildman–Crippen LogP) is 13.7. The first-order chi connectivity index (χ1) is 28.2. The number of fused-ring (bicyclic) bond motifs is 14. The van der Waals surface area contributed by atoms with Crippen LogP contribution in [0, 0.1) is 5.92 Å². The maximum atomic E-state index is 6.96. The monoisotopic (exact) mass is 728 g/mol. The fourth-order valence-electron chi connectivity index (χ4n) is 10.0. The molecule has 0 saturated carbocycles. The second-order valence-electron chi connectivity index (χ2n) is 15.7. The molecule has 0 bridgehead atoms. The fourth-order valence-corrected chi connectivity index (χ4v) is 10.0. The zero-order valence-electron chi connectivity index (χ0n) is 31.4. The topological polar surface area (TPSA) is 38.9 Å². The van der Waals surface area contributed by atoms with E-state index in [1.807, 2.05) is 12.1 Å². The Morgan fingerprint density at radius 2 is 1.14 bits per heavy atom. The quantitative estimate of drug-likeness (QED) is 0.181. The number of benzene rings is 7. The van der Waals surface area contributed by atoms with E-state index in [1.54, 1.807) is 0 Å². The SMILES string of the molecule is CC1C=C2C(=CC1)C1(c3ccccc3-c3ccccc31)c1c(-c3cccc(-c4nc(-c5ccccc5)cc(-c5ccccc5)n4)c3)cc3c(oc4ccccc43)c12. The summed E-state index contributed by atoms with van der Waals surface area (Å²) in [7, 11) is 0. The van der Waals surface area contributed by atoms with E-state index in [1.165, 1.54) is 50.1 Å².